The Bertz CT molecular complexity index is 496. The molecule has 1 aromatic rings. The summed E-state index contributed by atoms with van der Waals surface area (Å²) < 4.78 is 10.1. The highest BCUT2D eigenvalue weighted by molar-refractivity contribution is 6.32. The second-order valence-corrected chi connectivity index (χ2v) is 5.71. The number of hydrogen-bond donors (Lipinski definition) is 0. The van der Waals surface area contributed by atoms with Crippen LogP contribution in [0.3, 0.4) is 0 Å². The molecule has 1 aliphatic rings. The average Bonchev–Trinajstić information content (AvgIpc) is 2.92. The first-order valence-corrected chi connectivity index (χ1v) is 6.19. The van der Waals surface area contributed by atoms with Gasteiger partial charge in [0.15, 0.2) is 0 Å². The van der Waals surface area contributed by atoms with E-state index in [1.807, 2.05) is 26.0 Å². The van der Waals surface area contributed by atoms with E-state index in [-0.39, 0.29) is 11.4 Å². The number of methoxy groups -OCH3 is 2. The molecule has 3 nitrogen and oxygen atoms in total. The summed E-state index contributed by atoms with van der Waals surface area (Å²) in [5.74, 6) is 0.460. The molecule has 1 fully saturated rings. The monoisotopic (exact) mass is 268 g/mol. The molecule has 0 amide bonds. The average molecular weight is 269 g/mol. The molecule has 0 radical (unpaired) electrons. The summed E-state index contributed by atoms with van der Waals surface area (Å²) in [7, 11) is 3.00. The van der Waals surface area contributed by atoms with Crippen LogP contribution in [-0.4, -0.2) is 20.2 Å². The van der Waals surface area contributed by atoms with Gasteiger partial charge in [-0.05, 0) is 29.5 Å². The van der Waals surface area contributed by atoms with Crippen LogP contribution in [0.4, 0.5) is 0 Å². The lowest BCUT2D eigenvalue weighted by Crippen LogP contribution is -2.27. The van der Waals surface area contributed by atoms with Gasteiger partial charge in [0.25, 0.3) is 0 Å². The van der Waals surface area contributed by atoms with E-state index in [0.29, 0.717) is 10.8 Å². The maximum atomic E-state index is 12.1. The van der Waals surface area contributed by atoms with Crippen LogP contribution >= 0.6 is 11.6 Å². The Kier molecular flexibility index (Phi) is 3.06. The van der Waals surface area contributed by atoms with Gasteiger partial charge >= 0.3 is 5.97 Å². The topological polar surface area (TPSA) is 35.5 Å². The summed E-state index contributed by atoms with van der Waals surface area (Å²) in [6.07, 6.45) is 0.749. The third-order valence-electron chi connectivity index (χ3n) is 3.91. The van der Waals surface area contributed by atoms with Crippen molar-refractivity contribution in [2.24, 2.45) is 5.41 Å². The van der Waals surface area contributed by atoms with Crippen molar-refractivity contribution in [2.75, 3.05) is 14.2 Å². The first-order valence-electron chi connectivity index (χ1n) is 5.81. The predicted octanol–water partition coefficient (Wildman–Crippen LogP) is 3.19. The van der Waals surface area contributed by atoms with Crippen molar-refractivity contribution in [3.8, 4) is 5.75 Å². The zero-order chi connectivity index (χ0) is 13.6. The number of esters is 1. The summed E-state index contributed by atoms with van der Waals surface area (Å²) in [4.78, 5) is 12.1. The number of carbonyl (C=O) groups excluding carboxylic acids is 1. The molecule has 1 atom stereocenters. The molecule has 4 heteroatoms. The van der Waals surface area contributed by atoms with Crippen LogP contribution in [0.5, 0.6) is 5.75 Å². The lowest BCUT2D eigenvalue weighted by atomic mass is 9.88. The van der Waals surface area contributed by atoms with Gasteiger partial charge in [0.05, 0.1) is 19.6 Å². The zero-order valence-corrected chi connectivity index (χ0v) is 11.8. The zero-order valence-electron chi connectivity index (χ0n) is 11.0. The standard InChI is InChI=1S/C14H17ClO3/c1-13(2)8-14(13,12(16)18-4)10-6-5-9(17-3)7-11(10)15/h5-7H,8H2,1-4H3. The van der Waals surface area contributed by atoms with Crippen molar-refractivity contribution in [2.45, 2.75) is 25.7 Å². The highest BCUT2D eigenvalue weighted by Crippen LogP contribution is 2.66. The normalized spacial score (nSPS) is 24.5. The molecule has 98 valence electrons. The van der Waals surface area contributed by atoms with Crippen LogP contribution < -0.4 is 4.74 Å². The molecule has 1 aliphatic carbocycles. The minimum atomic E-state index is -0.620. The SMILES string of the molecule is COC(=O)C1(c2ccc(OC)cc2Cl)CC1(C)C. The number of benzene rings is 1. The second-order valence-electron chi connectivity index (χ2n) is 5.30. The molecule has 0 N–H and O–H groups in total. The molecule has 2 rings (SSSR count). The second kappa shape index (κ2) is 4.16. The molecule has 0 saturated heterocycles. The number of halogens is 1. The van der Waals surface area contributed by atoms with Gasteiger partial charge in [-0.15, -0.1) is 0 Å². The minimum Gasteiger partial charge on any atom is -0.497 e. The van der Waals surface area contributed by atoms with E-state index in [9.17, 15) is 4.79 Å². The van der Waals surface area contributed by atoms with Gasteiger partial charge in [-0.1, -0.05) is 31.5 Å². The van der Waals surface area contributed by atoms with Crippen molar-refractivity contribution in [1.82, 2.24) is 0 Å². The Balaban J connectivity index is 2.50. The summed E-state index contributed by atoms with van der Waals surface area (Å²) in [6.45, 7) is 4.09. The molecule has 1 aromatic carbocycles. The first kappa shape index (κ1) is 13.2. The number of ether oxygens (including phenoxy) is 2. The highest BCUT2D eigenvalue weighted by Gasteiger charge is 2.68. The predicted molar refractivity (Wildman–Crippen MR) is 70.1 cm³/mol. The Morgan fingerprint density at radius 1 is 1.33 bits per heavy atom. The van der Waals surface area contributed by atoms with E-state index < -0.39 is 5.41 Å². The minimum absolute atomic E-state index is 0.127. The van der Waals surface area contributed by atoms with E-state index >= 15 is 0 Å². The van der Waals surface area contributed by atoms with Gasteiger partial charge in [0, 0.05) is 5.02 Å². The van der Waals surface area contributed by atoms with E-state index in [4.69, 9.17) is 21.1 Å². The van der Waals surface area contributed by atoms with Gasteiger partial charge in [-0.25, -0.2) is 0 Å². The van der Waals surface area contributed by atoms with Gasteiger partial charge in [-0.3, -0.25) is 4.79 Å². The molecule has 1 saturated carbocycles. The Hall–Kier alpha value is -1.22. The molecule has 0 bridgehead atoms. The number of hydrogen-bond acceptors (Lipinski definition) is 3. The summed E-state index contributed by atoms with van der Waals surface area (Å²) in [5, 5.41) is 0.547. The Labute approximate surface area is 112 Å². The van der Waals surface area contributed by atoms with Crippen LogP contribution in [0.25, 0.3) is 0 Å². The van der Waals surface area contributed by atoms with Crippen molar-refractivity contribution < 1.29 is 14.3 Å². The third-order valence-corrected chi connectivity index (χ3v) is 4.22. The molecule has 0 spiro atoms. The molecule has 0 aromatic heterocycles. The lowest BCUT2D eigenvalue weighted by Gasteiger charge is -2.20. The fourth-order valence-electron chi connectivity index (χ4n) is 2.68. The molecule has 1 unspecified atom stereocenters. The smallest absolute Gasteiger partial charge is 0.316 e. The highest BCUT2D eigenvalue weighted by atomic mass is 35.5. The molecular formula is C14H17ClO3. The number of carbonyl (C=O) groups is 1. The summed E-state index contributed by atoms with van der Waals surface area (Å²) in [6, 6.07) is 5.41. The molecule has 0 heterocycles. The van der Waals surface area contributed by atoms with Crippen LogP contribution in [0, 0.1) is 5.41 Å². The maximum absolute atomic E-state index is 12.1. The largest absolute Gasteiger partial charge is 0.497 e. The summed E-state index contributed by atoms with van der Waals surface area (Å²) >= 11 is 6.27. The molecule has 18 heavy (non-hydrogen) atoms. The maximum Gasteiger partial charge on any atom is 0.316 e. The van der Waals surface area contributed by atoms with Crippen molar-refractivity contribution >= 4 is 17.6 Å². The van der Waals surface area contributed by atoms with Gasteiger partial charge in [0.1, 0.15) is 5.75 Å². The van der Waals surface area contributed by atoms with Crippen molar-refractivity contribution in [1.29, 1.82) is 0 Å². The molecule has 0 aliphatic heterocycles. The lowest BCUT2D eigenvalue weighted by molar-refractivity contribution is -0.144. The van der Waals surface area contributed by atoms with E-state index in [1.54, 1.807) is 13.2 Å². The van der Waals surface area contributed by atoms with Gasteiger partial charge < -0.3 is 9.47 Å². The van der Waals surface area contributed by atoms with Crippen molar-refractivity contribution in [3.05, 3.63) is 28.8 Å². The summed E-state index contributed by atoms with van der Waals surface area (Å²) in [5.41, 5.74) is 0.0745. The van der Waals surface area contributed by atoms with Crippen LogP contribution in [0.1, 0.15) is 25.8 Å². The molecular weight excluding hydrogens is 252 g/mol. The van der Waals surface area contributed by atoms with Crippen LogP contribution in [-0.2, 0) is 14.9 Å². The van der Waals surface area contributed by atoms with Gasteiger partial charge in [0.2, 0.25) is 0 Å². The number of rotatable bonds is 3. The van der Waals surface area contributed by atoms with E-state index in [2.05, 4.69) is 0 Å². The quantitative estimate of drug-likeness (QED) is 0.790. The fraction of sp³-hybridized carbons (Fsp3) is 0.500. The van der Waals surface area contributed by atoms with Gasteiger partial charge in [-0.2, -0.15) is 0 Å². The van der Waals surface area contributed by atoms with E-state index in [0.717, 1.165) is 12.0 Å². The van der Waals surface area contributed by atoms with Crippen LogP contribution in [0.15, 0.2) is 18.2 Å². The Morgan fingerprint density at radius 3 is 2.33 bits per heavy atom. The fourth-order valence-corrected chi connectivity index (χ4v) is 3.01. The van der Waals surface area contributed by atoms with Crippen LogP contribution in [0.2, 0.25) is 5.02 Å². The Morgan fingerprint density at radius 2 is 1.94 bits per heavy atom. The third kappa shape index (κ3) is 1.69. The first-order chi connectivity index (χ1) is 8.39. The van der Waals surface area contributed by atoms with Crippen molar-refractivity contribution in [3.63, 3.8) is 0 Å². The van der Waals surface area contributed by atoms with E-state index in [1.165, 1.54) is 7.11 Å².